The first-order valence-electron chi connectivity index (χ1n) is 5.68. The molecule has 17 heavy (non-hydrogen) atoms. The van der Waals surface area contributed by atoms with E-state index in [9.17, 15) is 4.79 Å². The molecule has 1 fully saturated rings. The first-order valence-corrected chi connectivity index (χ1v) is 6.05. The van der Waals surface area contributed by atoms with E-state index in [0.717, 1.165) is 25.7 Å². The summed E-state index contributed by atoms with van der Waals surface area (Å²) in [4.78, 5) is 15.9. The maximum atomic E-state index is 11.9. The zero-order chi connectivity index (χ0) is 11.4. The van der Waals surface area contributed by atoms with Gasteiger partial charge in [0.05, 0.1) is 16.9 Å². The molecule has 1 aromatic rings. The number of anilines is 1. The van der Waals surface area contributed by atoms with Crippen molar-refractivity contribution in [2.75, 3.05) is 5.32 Å². The number of nitrogens with one attached hydrogen (secondary N) is 1. The summed E-state index contributed by atoms with van der Waals surface area (Å²) < 4.78 is 0. The van der Waals surface area contributed by atoms with Crippen molar-refractivity contribution < 1.29 is 4.79 Å². The summed E-state index contributed by atoms with van der Waals surface area (Å²) in [6, 6.07) is 1.68. The smallest absolute Gasteiger partial charge is 0.227 e. The van der Waals surface area contributed by atoms with Crippen LogP contribution in [0.5, 0.6) is 0 Å². The highest BCUT2D eigenvalue weighted by Crippen LogP contribution is 2.26. The van der Waals surface area contributed by atoms with Gasteiger partial charge in [0.15, 0.2) is 0 Å². The number of amides is 1. The van der Waals surface area contributed by atoms with Gasteiger partial charge in [0.2, 0.25) is 5.91 Å². The SMILES string of the molecule is Cl.O=C(Nc1cnccc1Cl)C1CCCCC1. The Labute approximate surface area is 112 Å². The minimum Gasteiger partial charge on any atom is -0.323 e. The number of aromatic nitrogens is 1. The van der Waals surface area contributed by atoms with Gasteiger partial charge in [0.1, 0.15) is 0 Å². The molecular formula is C12H16Cl2N2O. The Morgan fingerprint density at radius 1 is 1.35 bits per heavy atom. The maximum absolute atomic E-state index is 11.9. The van der Waals surface area contributed by atoms with Gasteiger partial charge in [-0.3, -0.25) is 9.78 Å². The van der Waals surface area contributed by atoms with E-state index >= 15 is 0 Å². The predicted molar refractivity (Wildman–Crippen MR) is 71.7 cm³/mol. The molecule has 1 heterocycles. The van der Waals surface area contributed by atoms with Gasteiger partial charge in [-0.2, -0.15) is 0 Å². The third-order valence-corrected chi connectivity index (χ3v) is 3.33. The monoisotopic (exact) mass is 274 g/mol. The quantitative estimate of drug-likeness (QED) is 0.894. The molecule has 0 aliphatic heterocycles. The number of carbonyl (C=O) groups excluding carboxylic acids is 1. The van der Waals surface area contributed by atoms with Crippen LogP contribution in [0.4, 0.5) is 5.69 Å². The number of hydrogen-bond donors (Lipinski definition) is 1. The van der Waals surface area contributed by atoms with E-state index in [-0.39, 0.29) is 24.2 Å². The van der Waals surface area contributed by atoms with Crippen molar-refractivity contribution in [3.8, 4) is 0 Å². The lowest BCUT2D eigenvalue weighted by Gasteiger charge is -2.20. The third kappa shape index (κ3) is 3.86. The van der Waals surface area contributed by atoms with Gasteiger partial charge in [0, 0.05) is 12.1 Å². The van der Waals surface area contributed by atoms with Crippen LogP contribution in [0.15, 0.2) is 18.5 Å². The number of pyridine rings is 1. The fourth-order valence-corrected chi connectivity index (χ4v) is 2.22. The van der Waals surface area contributed by atoms with Crippen LogP contribution >= 0.6 is 24.0 Å². The molecule has 0 saturated heterocycles. The molecule has 0 bridgehead atoms. The minimum atomic E-state index is 0. The molecule has 5 heteroatoms. The van der Waals surface area contributed by atoms with E-state index in [1.54, 1.807) is 18.5 Å². The van der Waals surface area contributed by atoms with Crippen molar-refractivity contribution in [1.82, 2.24) is 4.98 Å². The molecule has 0 aromatic carbocycles. The lowest BCUT2D eigenvalue weighted by atomic mass is 9.88. The van der Waals surface area contributed by atoms with Crippen molar-refractivity contribution in [2.24, 2.45) is 5.92 Å². The van der Waals surface area contributed by atoms with Crippen LogP contribution in [0, 0.1) is 5.92 Å². The highest BCUT2D eigenvalue weighted by Gasteiger charge is 2.21. The fourth-order valence-electron chi connectivity index (χ4n) is 2.07. The summed E-state index contributed by atoms with van der Waals surface area (Å²) in [7, 11) is 0. The number of rotatable bonds is 2. The zero-order valence-corrected chi connectivity index (χ0v) is 11.1. The van der Waals surface area contributed by atoms with Crippen LogP contribution in [0.25, 0.3) is 0 Å². The zero-order valence-electron chi connectivity index (χ0n) is 9.49. The Morgan fingerprint density at radius 3 is 2.71 bits per heavy atom. The first kappa shape index (κ1) is 14.3. The van der Waals surface area contributed by atoms with E-state index in [0.29, 0.717) is 10.7 Å². The number of carbonyl (C=O) groups is 1. The number of hydrogen-bond acceptors (Lipinski definition) is 2. The van der Waals surface area contributed by atoms with Gasteiger partial charge in [-0.05, 0) is 18.9 Å². The van der Waals surface area contributed by atoms with Crippen LogP contribution in [0.3, 0.4) is 0 Å². The summed E-state index contributed by atoms with van der Waals surface area (Å²) in [5, 5.41) is 3.39. The molecule has 1 aromatic heterocycles. The normalized spacial score (nSPS) is 16.1. The van der Waals surface area contributed by atoms with E-state index in [2.05, 4.69) is 10.3 Å². The van der Waals surface area contributed by atoms with Crippen LogP contribution in [0.2, 0.25) is 5.02 Å². The molecule has 0 radical (unpaired) electrons. The average Bonchev–Trinajstić information content (AvgIpc) is 2.33. The minimum absolute atomic E-state index is 0. The van der Waals surface area contributed by atoms with E-state index < -0.39 is 0 Å². The second-order valence-electron chi connectivity index (χ2n) is 4.18. The molecule has 1 aliphatic carbocycles. The van der Waals surface area contributed by atoms with Gasteiger partial charge < -0.3 is 5.32 Å². The van der Waals surface area contributed by atoms with Gasteiger partial charge >= 0.3 is 0 Å². The maximum Gasteiger partial charge on any atom is 0.227 e. The summed E-state index contributed by atoms with van der Waals surface area (Å²) in [5.74, 6) is 0.222. The van der Waals surface area contributed by atoms with Crippen LogP contribution < -0.4 is 5.32 Å². The molecular weight excluding hydrogens is 259 g/mol. The second-order valence-corrected chi connectivity index (χ2v) is 4.59. The summed E-state index contributed by atoms with van der Waals surface area (Å²) >= 11 is 5.95. The molecule has 0 spiro atoms. The largest absolute Gasteiger partial charge is 0.323 e. The topological polar surface area (TPSA) is 42.0 Å². The lowest BCUT2D eigenvalue weighted by molar-refractivity contribution is -0.120. The Kier molecular flexibility index (Phi) is 5.72. The number of halogens is 2. The highest BCUT2D eigenvalue weighted by molar-refractivity contribution is 6.33. The van der Waals surface area contributed by atoms with Gasteiger partial charge in [-0.1, -0.05) is 30.9 Å². The molecule has 1 saturated carbocycles. The predicted octanol–water partition coefficient (Wildman–Crippen LogP) is 3.68. The Morgan fingerprint density at radius 2 is 2.06 bits per heavy atom. The molecule has 1 aliphatic rings. The van der Waals surface area contributed by atoms with Crippen molar-refractivity contribution >= 4 is 35.6 Å². The Bertz CT molecular complexity index is 379. The van der Waals surface area contributed by atoms with Gasteiger partial charge in [0.25, 0.3) is 0 Å². The summed E-state index contributed by atoms with van der Waals surface area (Å²) in [6.45, 7) is 0. The summed E-state index contributed by atoms with van der Waals surface area (Å²) in [5.41, 5.74) is 0.611. The Balaban J connectivity index is 0.00000144. The molecule has 0 unspecified atom stereocenters. The Hall–Kier alpha value is -0.800. The van der Waals surface area contributed by atoms with Crippen LogP contribution in [-0.4, -0.2) is 10.9 Å². The molecule has 94 valence electrons. The molecule has 1 N–H and O–H groups in total. The molecule has 0 atom stereocenters. The summed E-state index contributed by atoms with van der Waals surface area (Å²) in [6.07, 6.45) is 8.73. The molecule has 3 nitrogen and oxygen atoms in total. The van der Waals surface area contributed by atoms with Crippen molar-refractivity contribution in [3.05, 3.63) is 23.5 Å². The van der Waals surface area contributed by atoms with Crippen molar-refractivity contribution in [3.63, 3.8) is 0 Å². The van der Waals surface area contributed by atoms with E-state index in [1.165, 1.54) is 6.42 Å². The molecule has 1 amide bonds. The van der Waals surface area contributed by atoms with Crippen LogP contribution in [0.1, 0.15) is 32.1 Å². The average molecular weight is 275 g/mol. The number of nitrogens with zero attached hydrogens (tertiary/aromatic N) is 1. The first-order chi connectivity index (χ1) is 7.77. The highest BCUT2D eigenvalue weighted by atomic mass is 35.5. The van der Waals surface area contributed by atoms with E-state index in [1.807, 2.05) is 0 Å². The fraction of sp³-hybridized carbons (Fsp3) is 0.500. The van der Waals surface area contributed by atoms with Gasteiger partial charge in [-0.25, -0.2) is 0 Å². The van der Waals surface area contributed by atoms with Crippen LogP contribution in [-0.2, 0) is 4.79 Å². The second kappa shape index (κ2) is 6.82. The lowest BCUT2D eigenvalue weighted by Crippen LogP contribution is -2.24. The van der Waals surface area contributed by atoms with Crippen molar-refractivity contribution in [2.45, 2.75) is 32.1 Å². The van der Waals surface area contributed by atoms with Gasteiger partial charge in [-0.15, -0.1) is 12.4 Å². The standard InChI is InChI=1S/C12H15ClN2O.ClH/c13-10-6-7-14-8-11(10)15-12(16)9-4-2-1-3-5-9;/h6-9H,1-5H2,(H,15,16);1H. The third-order valence-electron chi connectivity index (χ3n) is 3.00. The van der Waals surface area contributed by atoms with E-state index in [4.69, 9.17) is 11.6 Å². The molecule has 2 rings (SSSR count). The van der Waals surface area contributed by atoms with Crippen molar-refractivity contribution in [1.29, 1.82) is 0 Å².